The molecule has 1 unspecified atom stereocenters. The summed E-state index contributed by atoms with van der Waals surface area (Å²) in [6, 6.07) is 12.5. The summed E-state index contributed by atoms with van der Waals surface area (Å²) in [7, 11) is 0. The van der Waals surface area contributed by atoms with Gasteiger partial charge in [0.25, 0.3) is 0 Å². The quantitative estimate of drug-likeness (QED) is 0.824. The van der Waals surface area contributed by atoms with Crippen LogP contribution in [0, 0.1) is 5.82 Å². The van der Waals surface area contributed by atoms with Gasteiger partial charge in [0, 0.05) is 10.5 Å². The molecular weight excluding hydrogens is 321 g/mol. The lowest BCUT2D eigenvalue weighted by molar-refractivity contribution is 0.440. The molecule has 0 aliphatic rings. The van der Waals surface area contributed by atoms with Gasteiger partial charge in [0.05, 0.1) is 0 Å². The normalized spacial score (nSPS) is 12.2. The van der Waals surface area contributed by atoms with Crippen LogP contribution in [0.25, 0.3) is 0 Å². The summed E-state index contributed by atoms with van der Waals surface area (Å²) in [5, 5.41) is 3.25. The number of hydrogen-bond acceptors (Lipinski definition) is 2. The minimum atomic E-state index is -0.354. The standard InChI is InChI=1S/C16H17BrFNO/c1-3-19-11(2)12-7-8-16(15(18)9-12)20-14-6-4-5-13(17)10-14/h4-11,19H,3H2,1-2H3. The summed E-state index contributed by atoms with van der Waals surface area (Å²) in [6.07, 6.45) is 0. The molecule has 2 aromatic carbocycles. The zero-order chi connectivity index (χ0) is 14.5. The smallest absolute Gasteiger partial charge is 0.166 e. The topological polar surface area (TPSA) is 21.3 Å². The van der Waals surface area contributed by atoms with Gasteiger partial charge in [-0.25, -0.2) is 4.39 Å². The van der Waals surface area contributed by atoms with E-state index >= 15 is 0 Å². The third kappa shape index (κ3) is 3.81. The van der Waals surface area contributed by atoms with Crippen LogP contribution in [0.4, 0.5) is 4.39 Å². The third-order valence-corrected chi connectivity index (χ3v) is 3.48. The van der Waals surface area contributed by atoms with Crippen LogP contribution in [-0.4, -0.2) is 6.54 Å². The van der Waals surface area contributed by atoms with E-state index in [-0.39, 0.29) is 17.6 Å². The second-order valence-corrected chi connectivity index (χ2v) is 5.44. The number of halogens is 2. The first-order valence-corrected chi connectivity index (χ1v) is 7.35. The number of hydrogen-bond donors (Lipinski definition) is 1. The van der Waals surface area contributed by atoms with Crippen molar-refractivity contribution in [2.75, 3.05) is 6.54 Å². The molecule has 1 atom stereocenters. The van der Waals surface area contributed by atoms with Crippen LogP contribution >= 0.6 is 15.9 Å². The molecule has 0 aliphatic heterocycles. The molecule has 0 fully saturated rings. The average Bonchev–Trinajstić information content (AvgIpc) is 2.41. The van der Waals surface area contributed by atoms with Gasteiger partial charge in [0.1, 0.15) is 5.75 Å². The molecule has 0 aromatic heterocycles. The van der Waals surface area contributed by atoms with E-state index in [2.05, 4.69) is 21.2 Å². The largest absolute Gasteiger partial charge is 0.454 e. The van der Waals surface area contributed by atoms with E-state index in [1.54, 1.807) is 18.2 Å². The van der Waals surface area contributed by atoms with Gasteiger partial charge >= 0.3 is 0 Å². The first-order valence-electron chi connectivity index (χ1n) is 6.56. The van der Waals surface area contributed by atoms with Gasteiger partial charge in [-0.3, -0.25) is 0 Å². The van der Waals surface area contributed by atoms with Crippen LogP contribution < -0.4 is 10.1 Å². The Morgan fingerprint density at radius 1 is 1.25 bits per heavy atom. The van der Waals surface area contributed by atoms with E-state index in [1.807, 2.05) is 32.0 Å². The minimum Gasteiger partial charge on any atom is -0.454 e. The van der Waals surface area contributed by atoms with Crippen molar-refractivity contribution < 1.29 is 9.13 Å². The molecule has 0 saturated carbocycles. The fourth-order valence-electron chi connectivity index (χ4n) is 1.95. The first-order chi connectivity index (χ1) is 9.60. The van der Waals surface area contributed by atoms with Gasteiger partial charge in [-0.2, -0.15) is 0 Å². The zero-order valence-corrected chi connectivity index (χ0v) is 13.1. The van der Waals surface area contributed by atoms with Crippen molar-refractivity contribution in [3.63, 3.8) is 0 Å². The Kier molecular flexibility index (Phi) is 5.15. The van der Waals surface area contributed by atoms with Gasteiger partial charge in [0.15, 0.2) is 11.6 Å². The van der Waals surface area contributed by atoms with E-state index in [9.17, 15) is 4.39 Å². The van der Waals surface area contributed by atoms with Gasteiger partial charge in [-0.15, -0.1) is 0 Å². The third-order valence-electron chi connectivity index (χ3n) is 2.99. The van der Waals surface area contributed by atoms with Gasteiger partial charge in [-0.05, 0) is 49.4 Å². The zero-order valence-electron chi connectivity index (χ0n) is 11.5. The first kappa shape index (κ1) is 15.0. The fraction of sp³-hybridized carbons (Fsp3) is 0.250. The summed E-state index contributed by atoms with van der Waals surface area (Å²) >= 11 is 3.36. The molecule has 106 valence electrons. The van der Waals surface area contributed by atoms with E-state index in [0.717, 1.165) is 16.6 Å². The minimum absolute atomic E-state index is 0.120. The van der Waals surface area contributed by atoms with Crippen LogP contribution in [0.5, 0.6) is 11.5 Å². The molecule has 0 bridgehead atoms. The summed E-state index contributed by atoms with van der Waals surface area (Å²) in [4.78, 5) is 0. The van der Waals surface area contributed by atoms with Gasteiger partial charge in [0.2, 0.25) is 0 Å². The molecule has 1 N–H and O–H groups in total. The predicted octanol–water partition coefficient (Wildman–Crippen LogP) is 5.05. The highest BCUT2D eigenvalue weighted by Crippen LogP contribution is 2.28. The maximum Gasteiger partial charge on any atom is 0.166 e. The Hall–Kier alpha value is -1.39. The number of nitrogens with one attached hydrogen (secondary N) is 1. The lowest BCUT2D eigenvalue weighted by Crippen LogP contribution is -2.17. The van der Waals surface area contributed by atoms with Crippen molar-refractivity contribution in [3.05, 3.63) is 58.3 Å². The molecular formula is C16H17BrFNO. The maximum absolute atomic E-state index is 14.1. The molecule has 2 nitrogen and oxygen atoms in total. The fourth-order valence-corrected chi connectivity index (χ4v) is 2.33. The van der Waals surface area contributed by atoms with Crippen LogP contribution in [0.15, 0.2) is 46.9 Å². The second kappa shape index (κ2) is 6.86. The van der Waals surface area contributed by atoms with E-state index < -0.39 is 0 Å². The van der Waals surface area contributed by atoms with Crippen molar-refractivity contribution in [1.29, 1.82) is 0 Å². The molecule has 0 spiro atoms. The van der Waals surface area contributed by atoms with Gasteiger partial charge < -0.3 is 10.1 Å². The SMILES string of the molecule is CCNC(C)c1ccc(Oc2cccc(Br)c2)c(F)c1. The summed E-state index contributed by atoms with van der Waals surface area (Å²) < 4.78 is 20.5. The molecule has 0 aliphatic carbocycles. The van der Waals surface area contributed by atoms with E-state index in [1.165, 1.54) is 6.07 Å². The second-order valence-electron chi connectivity index (χ2n) is 4.53. The Balaban J connectivity index is 2.17. The highest BCUT2D eigenvalue weighted by atomic mass is 79.9. The molecule has 20 heavy (non-hydrogen) atoms. The molecule has 0 saturated heterocycles. The molecule has 2 rings (SSSR count). The van der Waals surface area contributed by atoms with Crippen molar-refractivity contribution in [2.24, 2.45) is 0 Å². The van der Waals surface area contributed by atoms with Crippen molar-refractivity contribution in [1.82, 2.24) is 5.32 Å². The summed E-state index contributed by atoms with van der Waals surface area (Å²) in [6.45, 7) is 4.88. The monoisotopic (exact) mass is 337 g/mol. The lowest BCUT2D eigenvalue weighted by atomic mass is 10.1. The highest BCUT2D eigenvalue weighted by Gasteiger charge is 2.10. The molecule has 4 heteroatoms. The lowest BCUT2D eigenvalue weighted by Gasteiger charge is -2.14. The van der Waals surface area contributed by atoms with Crippen molar-refractivity contribution in [2.45, 2.75) is 19.9 Å². The van der Waals surface area contributed by atoms with Crippen molar-refractivity contribution in [3.8, 4) is 11.5 Å². The summed E-state index contributed by atoms with van der Waals surface area (Å²) in [5.41, 5.74) is 0.908. The van der Waals surface area contributed by atoms with Crippen LogP contribution in [0.1, 0.15) is 25.5 Å². The maximum atomic E-state index is 14.1. The molecule has 0 amide bonds. The van der Waals surface area contributed by atoms with Gasteiger partial charge in [-0.1, -0.05) is 35.0 Å². The Labute approximate surface area is 127 Å². The van der Waals surface area contributed by atoms with E-state index in [0.29, 0.717) is 5.75 Å². The van der Waals surface area contributed by atoms with E-state index in [4.69, 9.17) is 4.74 Å². The molecule has 0 heterocycles. The number of benzene rings is 2. The van der Waals surface area contributed by atoms with Crippen LogP contribution in [0.3, 0.4) is 0 Å². The summed E-state index contributed by atoms with van der Waals surface area (Å²) in [5.74, 6) is 0.480. The van der Waals surface area contributed by atoms with Crippen molar-refractivity contribution >= 4 is 15.9 Å². The number of rotatable bonds is 5. The molecule has 2 aromatic rings. The highest BCUT2D eigenvalue weighted by molar-refractivity contribution is 9.10. The van der Waals surface area contributed by atoms with Crippen LogP contribution in [-0.2, 0) is 0 Å². The molecule has 0 radical (unpaired) electrons. The van der Waals surface area contributed by atoms with Crippen LogP contribution in [0.2, 0.25) is 0 Å². The Morgan fingerprint density at radius 2 is 2.05 bits per heavy atom. The Morgan fingerprint density at radius 3 is 2.70 bits per heavy atom. The average molecular weight is 338 g/mol. The number of ether oxygens (including phenoxy) is 1. The predicted molar refractivity (Wildman–Crippen MR) is 82.7 cm³/mol. The Bertz CT molecular complexity index is 588.